The highest BCUT2D eigenvalue weighted by Gasteiger charge is 2.84. The van der Waals surface area contributed by atoms with Gasteiger partial charge in [-0.05, 0) is 60.2 Å². The minimum Gasteiger partial charge on any atom is -0.392 e. The van der Waals surface area contributed by atoms with E-state index in [1.807, 2.05) is 6.92 Å². The number of hydrogen-bond acceptors (Lipinski definition) is 9. The number of rotatable bonds is 6. The Balaban J connectivity index is 1.30. The van der Waals surface area contributed by atoms with E-state index in [1.165, 1.54) is 5.57 Å². The summed E-state index contributed by atoms with van der Waals surface area (Å²) in [6.07, 6.45) is 0.960. The predicted molar refractivity (Wildman–Crippen MR) is 147 cm³/mol. The summed E-state index contributed by atoms with van der Waals surface area (Å²) in [6.45, 7) is 10.0. The van der Waals surface area contributed by atoms with Gasteiger partial charge in [-0.25, -0.2) is 0 Å². The van der Waals surface area contributed by atoms with E-state index in [1.54, 1.807) is 0 Å². The van der Waals surface area contributed by atoms with Crippen molar-refractivity contribution in [2.45, 2.75) is 116 Å². The molecule has 6 rings (SSSR count). The van der Waals surface area contributed by atoms with Crippen molar-refractivity contribution in [3.8, 4) is 0 Å². The number of aliphatic hydroxyl groups excluding tert-OH is 5. The predicted octanol–water partition coefficient (Wildman–Crippen LogP) is 1.91. The summed E-state index contributed by atoms with van der Waals surface area (Å²) in [7, 11) is 0. The van der Waals surface area contributed by atoms with E-state index < -0.39 is 48.1 Å². The summed E-state index contributed by atoms with van der Waals surface area (Å²) in [5.41, 5.74) is -0.464. The van der Waals surface area contributed by atoms with Crippen LogP contribution >= 0.6 is 0 Å². The van der Waals surface area contributed by atoms with Crippen molar-refractivity contribution in [2.75, 3.05) is 13.2 Å². The van der Waals surface area contributed by atoms with Crippen molar-refractivity contribution in [3.63, 3.8) is 0 Å². The third kappa shape index (κ3) is 3.72. The average Bonchev–Trinajstić information content (AvgIpc) is 3.53. The molecule has 5 fully saturated rings. The van der Waals surface area contributed by atoms with Crippen LogP contribution in [0.2, 0.25) is 0 Å². The van der Waals surface area contributed by atoms with Gasteiger partial charge in [-0.2, -0.15) is 0 Å². The Bertz CT molecular complexity index is 1150. The van der Waals surface area contributed by atoms with Gasteiger partial charge < -0.3 is 35.0 Å². The monoisotopic (exact) mass is 576 g/mol. The molecule has 9 nitrogen and oxygen atoms in total. The smallest absolute Gasteiger partial charge is 0.186 e. The molecular formula is C32H48O9. The molecule has 4 saturated carbocycles. The van der Waals surface area contributed by atoms with E-state index in [0.29, 0.717) is 19.3 Å². The van der Waals surface area contributed by atoms with Crippen LogP contribution in [0.1, 0.15) is 79.6 Å². The number of allylic oxidation sites excluding steroid dienone is 1. The zero-order chi connectivity index (χ0) is 29.9. The number of aliphatic hydroxyl groups is 5. The quantitative estimate of drug-likeness (QED) is 0.298. The summed E-state index contributed by atoms with van der Waals surface area (Å²) in [5.74, 6) is -0.436. The molecule has 1 saturated heterocycles. The molecule has 41 heavy (non-hydrogen) atoms. The molecule has 230 valence electrons. The van der Waals surface area contributed by atoms with Crippen LogP contribution in [0.4, 0.5) is 0 Å². The number of ether oxygens (including phenoxy) is 2. The first kappa shape index (κ1) is 29.9. The summed E-state index contributed by atoms with van der Waals surface area (Å²) < 4.78 is 11.9. The Morgan fingerprint density at radius 1 is 1.15 bits per heavy atom. The first-order chi connectivity index (χ1) is 19.1. The highest BCUT2D eigenvalue weighted by atomic mass is 16.7. The zero-order valence-electron chi connectivity index (χ0n) is 25.0. The fourth-order valence-electron chi connectivity index (χ4n) is 11.2. The van der Waals surface area contributed by atoms with E-state index in [2.05, 4.69) is 33.8 Å². The molecule has 0 unspecified atom stereocenters. The lowest BCUT2D eigenvalue weighted by molar-refractivity contribution is -0.301. The van der Waals surface area contributed by atoms with Crippen molar-refractivity contribution >= 4 is 11.6 Å². The molecule has 0 aromatic carbocycles. The van der Waals surface area contributed by atoms with Crippen molar-refractivity contribution in [2.24, 2.45) is 44.8 Å². The molecule has 13 atom stereocenters. The van der Waals surface area contributed by atoms with Crippen LogP contribution in [-0.2, 0) is 19.1 Å². The highest BCUT2D eigenvalue weighted by molar-refractivity contribution is 5.88. The SMILES string of the molecule is C[C@H](CC(=O)CO)[C@H]1C(=O)C[C@@]2(C)C3=CC[C@H]4C(C)(C)[C@@H](O[C@@H]5OC[C@@H](O)[C@H](O)[C@H]5O)CC[C@@]45C[C@@]35[C@@H](O)C[C@]12C. The van der Waals surface area contributed by atoms with Gasteiger partial charge in [-0.1, -0.05) is 46.3 Å². The first-order valence-corrected chi connectivity index (χ1v) is 15.5. The van der Waals surface area contributed by atoms with E-state index in [-0.39, 0.29) is 64.7 Å². The number of carbonyl (C=O) groups excluding carboxylic acids is 2. The van der Waals surface area contributed by atoms with Crippen molar-refractivity contribution in [1.29, 1.82) is 0 Å². The molecule has 0 radical (unpaired) electrons. The maximum atomic E-state index is 13.7. The molecule has 5 N–H and O–H groups in total. The molecule has 5 aliphatic carbocycles. The Morgan fingerprint density at radius 3 is 2.54 bits per heavy atom. The lowest BCUT2D eigenvalue weighted by atomic mass is 9.44. The van der Waals surface area contributed by atoms with Gasteiger partial charge in [0.05, 0.1) is 18.8 Å². The van der Waals surface area contributed by atoms with Gasteiger partial charge in [0.1, 0.15) is 30.7 Å². The molecule has 0 bridgehead atoms. The number of Topliss-reactive ketones (excluding diaryl/α,β-unsaturated/α-hetero) is 2. The zero-order valence-corrected chi connectivity index (χ0v) is 25.0. The van der Waals surface area contributed by atoms with Crippen LogP contribution in [0.5, 0.6) is 0 Å². The van der Waals surface area contributed by atoms with E-state index in [0.717, 1.165) is 19.3 Å². The van der Waals surface area contributed by atoms with Crippen LogP contribution in [0.25, 0.3) is 0 Å². The summed E-state index contributed by atoms with van der Waals surface area (Å²) in [4.78, 5) is 25.8. The van der Waals surface area contributed by atoms with E-state index in [4.69, 9.17) is 9.47 Å². The standard InChI is InChI=1S/C32H48O9/c1-16(10-17(34)13-33)24-18(35)11-29(4)21-7-6-20-28(2,3)23(41-27-26(39)25(38)19(36)14-40-27)8-9-31(20)15-32(21,31)22(37)12-30(24,29)5/h7,16,19-20,22-27,33,36-39H,6,8-15H2,1-5H3/t16-,19-,20+,22+,23+,24+,25+,26-,27+,29+,30-,31-,32+/m1/s1. The van der Waals surface area contributed by atoms with E-state index >= 15 is 0 Å². The maximum absolute atomic E-state index is 13.7. The van der Waals surface area contributed by atoms with Gasteiger partial charge in [-0.15, -0.1) is 0 Å². The second-order valence-electron chi connectivity index (χ2n) is 15.4. The Kier molecular flexibility index (Phi) is 6.84. The topological polar surface area (TPSA) is 154 Å². The fraction of sp³-hybridized carbons (Fsp3) is 0.875. The second kappa shape index (κ2) is 9.40. The highest BCUT2D eigenvalue weighted by Crippen LogP contribution is 2.87. The molecular weight excluding hydrogens is 528 g/mol. The molecule has 2 spiro atoms. The normalized spacial score (nSPS) is 52.4. The third-order valence-electron chi connectivity index (χ3n) is 13.3. The first-order valence-electron chi connectivity index (χ1n) is 15.5. The molecule has 1 aliphatic heterocycles. The number of ketones is 2. The molecule has 9 heteroatoms. The van der Waals surface area contributed by atoms with Crippen molar-refractivity contribution in [3.05, 3.63) is 11.6 Å². The lowest BCUT2D eigenvalue weighted by Gasteiger charge is -2.61. The molecule has 0 aromatic heterocycles. The number of fused-ring (bicyclic) bond motifs is 2. The number of hydrogen-bond donors (Lipinski definition) is 5. The second-order valence-corrected chi connectivity index (χ2v) is 15.4. The van der Waals surface area contributed by atoms with Crippen molar-refractivity contribution in [1.82, 2.24) is 0 Å². The Morgan fingerprint density at radius 2 is 1.85 bits per heavy atom. The number of carbonyl (C=O) groups is 2. The fourth-order valence-corrected chi connectivity index (χ4v) is 11.2. The Hall–Kier alpha value is -1.20. The Labute approximate surface area is 242 Å². The van der Waals surface area contributed by atoms with Gasteiger partial charge >= 0.3 is 0 Å². The van der Waals surface area contributed by atoms with Gasteiger partial charge in [0, 0.05) is 29.6 Å². The van der Waals surface area contributed by atoms with Gasteiger partial charge in [0.2, 0.25) is 0 Å². The summed E-state index contributed by atoms with van der Waals surface area (Å²) in [5, 5.41) is 51.9. The summed E-state index contributed by atoms with van der Waals surface area (Å²) in [6, 6.07) is 0. The van der Waals surface area contributed by atoms with Gasteiger partial charge in [0.25, 0.3) is 0 Å². The van der Waals surface area contributed by atoms with E-state index in [9.17, 15) is 35.1 Å². The largest absolute Gasteiger partial charge is 0.392 e. The van der Waals surface area contributed by atoms with Crippen molar-refractivity contribution < 1.29 is 44.6 Å². The maximum Gasteiger partial charge on any atom is 0.186 e. The molecule has 6 aliphatic rings. The summed E-state index contributed by atoms with van der Waals surface area (Å²) >= 11 is 0. The van der Waals surface area contributed by atoms with Gasteiger partial charge in [0.15, 0.2) is 12.1 Å². The average molecular weight is 577 g/mol. The van der Waals surface area contributed by atoms with Crippen LogP contribution < -0.4 is 0 Å². The van der Waals surface area contributed by atoms with Crippen LogP contribution in [0.15, 0.2) is 11.6 Å². The third-order valence-corrected chi connectivity index (χ3v) is 13.3. The molecule has 0 aromatic rings. The lowest BCUT2D eigenvalue weighted by Crippen LogP contribution is -2.59. The van der Waals surface area contributed by atoms with Crippen LogP contribution in [-0.4, -0.2) is 87.1 Å². The van der Waals surface area contributed by atoms with Gasteiger partial charge in [-0.3, -0.25) is 9.59 Å². The van der Waals surface area contributed by atoms with Crippen LogP contribution in [0.3, 0.4) is 0 Å². The molecule has 1 heterocycles. The van der Waals surface area contributed by atoms with Crippen LogP contribution in [0, 0.1) is 44.8 Å². The molecule has 0 amide bonds. The minimum atomic E-state index is -1.34. The minimum absolute atomic E-state index is 0.103.